The number of rotatable bonds is 2. The Morgan fingerprint density at radius 1 is 1.08 bits per heavy atom. The largest absolute Gasteiger partial charge is 0.393 e. The Morgan fingerprint density at radius 3 is 2.23 bits per heavy atom. The Bertz CT molecular complexity index is 204. The van der Waals surface area contributed by atoms with Crippen molar-refractivity contribution in [3.05, 3.63) is 0 Å². The molecule has 0 bridgehead atoms. The minimum Gasteiger partial charge on any atom is -0.393 e. The molecule has 2 aliphatic carbocycles. The summed E-state index contributed by atoms with van der Waals surface area (Å²) < 4.78 is 0. The van der Waals surface area contributed by atoms with Crippen LogP contribution in [0.25, 0.3) is 0 Å². The average molecular weight is 184 g/mol. The van der Waals surface area contributed by atoms with E-state index in [0.29, 0.717) is 12.5 Å². The summed E-state index contributed by atoms with van der Waals surface area (Å²) in [5.74, 6) is 0. The van der Waals surface area contributed by atoms with Crippen molar-refractivity contribution >= 4 is 6.03 Å². The first-order chi connectivity index (χ1) is 6.24. The van der Waals surface area contributed by atoms with Crippen molar-refractivity contribution in [3.8, 4) is 0 Å². The van der Waals surface area contributed by atoms with Gasteiger partial charge >= 0.3 is 6.03 Å². The molecular formula is C9H16N2O2. The lowest BCUT2D eigenvalue weighted by Crippen LogP contribution is -2.42. The van der Waals surface area contributed by atoms with Gasteiger partial charge in [0.05, 0.1) is 6.10 Å². The highest BCUT2D eigenvalue weighted by Crippen LogP contribution is 2.20. The Balaban J connectivity index is 1.67. The van der Waals surface area contributed by atoms with Gasteiger partial charge in [0.1, 0.15) is 0 Å². The van der Waals surface area contributed by atoms with E-state index in [9.17, 15) is 9.90 Å². The molecule has 4 heteroatoms. The topological polar surface area (TPSA) is 61.4 Å². The summed E-state index contributed by atoms with van der Waals surface area (Å²) in [5, 5.41) is 15.0. The van der Waals surface area contributed by atoms with E-state index in [0.717, 1.165) is 25.7 Å². The monoisotopic (exact) mass is 184 g/mol. The molecule has 2 aliphatic rings. The number of aliphatic hydroxyl groups is 1. The van der Waals surface area contributed by atoms with Gasteiger partial charge in [-0.1, -0.05) is 0 Å². The molecule has 0 spiro atoms. The summed E-state index contributed by atoms with van der Waals surface area (Å²) in [6.07, 6.45) is 4.43. The summed E-state index contributed by atoms with van der Waals surface area (Å²) in [7, 11) is 0. The number of hydrogen-bond acceptors (Lipinski definition) is 2. The number of carbonyl (C=O) groups excluding carboxylic acids is 1. The first-order valence-electron chi connectivity index (χ1n) is 4.99. The summed E-state index contributed by atoms with van der Waals surface area (Å²) in [6, 6.07) is 0.515. The van der Waals surface area contributed by atoms with Gasteiger partial charge in [-0.2, -0.15) is 0 Å². The van der Waals surface area contributed by atoms with Crippen LogP contribution in [0.2, 0.25) is 0 Å². The van der Waals surface area contributed by atoms with Crippen LogP contribution in [0.1, 0.15) is 32.1 Å². The van der Waals surface area contributed by atoms with Crippen LogP contribution >= 0.6 is 0 Å². The molecule has 3 N–H and O–H groups in total. The molecule has 0 heterocycles. The second-order valence-corrected chi connectivity index (χ2v) is 4.06. The summed E-state index contributed by atoms with van der Waals surface area (Å²) in [6.45, 7) is 0. The molecule has 0 aliphatic heterocycles. The van der Waals surface area contributed by atoms with E-state index in [1.165, 1.54) is 0 Å². The Labute approximate surface area is 77.7 Å². The molecule has 74 valence electrons. The molecule has 2 amide bonds. The third-order valence-electron chi connectivity index (χ3n) is 2.65. The van der Waals surface area contributed by atoms with Gasteiger partial charge in [0.15, 0.2) is 0 Å². The zero-order valence-electron chi connectivity index (χ0n) is 7.62. The second kappa shape index (κ2) is 3.54. The molecule has 0 aromatic rings. The fraction of sp³-hybridized carbons (Fsp3) is 0.889. The summed E-state index contributed by atoms with van der Waals surface area (Å²) in [5.41, 5.74) is 0. The van der Waals surface area contributed by atoms with Crippen LogP contribution in [0, 0.1) is 0 Å². The smallest absolute Gasteiger partial charge is 0.315 e. The molecule has 0 saturated heterocycles. The molecule has 0 aromatic heterocycles. The van der Waals surface area contributed by atoms with E-state index < -0.39 is 0 Å². The zero-order valence-corrected chi connectivity index (χ0v) is 7.62. The molecule has 2 fully saturated rings. The lowest BCUT2D eigenvalue weighted by atomic mass is 10.2. The molecule has 2 atom stereocenters. The van der Waals surface area contributed by atoms with Crippen molar-refractivity contribution in [1.29, 1.82) is 0 Å². The lowest BCUT2D eigenvalue weighted by molar-refractivity contribution is 0.179. The predicted molar refractivity (Wildman–Crippen MR) is 48.3 cm³/mol. The number of carbonyl (C=O) groups is 1. The maximum absolute atomic E-state index is 11.3. The Hall–Kier alpha value is -0.770. The van der Waals surface area contributed by atoms with Gasteiger partial charge in [0.25, 0.3) is 0 Å². The molecule has 2 rings (SSSR count). The third kappa shape index (κ3) is 2.59. The van der Waals surface area contributed by atoms with Gasteiger partial charge in [-0.25, -0.2) is 4.79 Å². The summed E-state index contributed by atoms with van der Waals surface area (Å²) in [4.78, 5) is 11.3. The first-order valence-corrected chi connectivity index (χ1v) is 4.99. The van der Waals surface area contributed by atoms with E-state index >= 15 is 0 Å². The van der Waals surface area contributed by atoms with E-state index in [1.807, 2.05) is 0 Å². The van der Waals surface area contributed by atoms with Crippen molar-refractivity contribution in [2.24, 2.45) is 0 Å². The van der Waals surface area contributed by atoms with Crippen molar-refractivity contribution in [2.45, 2.75) is 50.3 Å². The lowest BCUT2D eigenvalue weighted by Gasteiger charge is -2.12. The Kier molecular flexibility index (Phi) is 2.40. The van der Waals surface area contributed by atoms with Gasteiger partial charge in [0, 0.05) is 12.1 Å². The van der Waals surface area contributed by atoms with Crippen LogP contribution in [0.3, 0.4) is 0 Å². The van der Waals surface area contributed by atoms with Gasteiger partial charge in [-0.15, -0.1) is 0 Å². The zero-order chi connectivity index (χ0) is 9.26. The Morgan fingerprint density at radius 2 is 1.69 bits per heavy atom. The molecule has 2 saturated carbocycles. The quantitative estimate of drug-likeness (QED) is 0.580. The molecule has 0 aromatic carbocycles. The second-order valence-electron chi connectivity index (χ2n) is 4.06. The highest BCUT2D eigenvalue weighted by atomic mass is 16.3. The highest BCUT2D eigenvalue weighted by molar-refractivity contribution is 5.74. The predicted octanol–water partition coefficient (Wildman–Crippen LogP) is 0.361. The number of amides is 2. The summed E-state index contributed by atoms with van der Waals surface area (Å²) >= 11 is 0. The van der Waals surface area contributed by atoms with E-state index in [4.69, 9.17) is 0 Å². The van der Waals surface area contributed by atoms with Crippen LogP contribution in [0.4, 0.5) is 4.79 Å². The van der Waals surface area contributed by atoms with Crippen molar-refractivity contribution < 1.29 is 9.90 Å². The van der Waals surface area contributed by atoms with Gasteiger partial charge in [-0.05, 0) is 32.1 Å². The minimum atomic E-state index is -0.216. The number of nitrogens with one attached hydrogen (secondary N) is 2. The van der Waals surface area contributed by atoms with Crippen LogP contribution in [-0.2, 0) is 0 Å². The molecule has 13 heavy (non-hydrogen) atoms. The van der Waals surface area contributed by atoms with E-state index in [1.54, 1.807) is 0 Å². The highest BCUT2D eigenvalue weighted by Gasteiger charge is 2.27. The van der Waals surface area contributed by atoms with E-state index in [2.05, 4.69) is 10.6 Å². The third-order valence-corrected chi connectivity index (χ3v) is 2.65. The van der Waals surface area contributed by atoms with Gasteiger partial charge in [0.2, 0.25) is 0 Å². The van der Waals surface area contributed by atoms with Crippen LogP contribution in [0.5, 0.6) is 0 Å². The normalized spacial score (nSPS) is 33.0. The first kappa shape index (κ1) is 8.81. The van der Waals surface area contributed by atoms with E-state index in [-0.39, 0.29) is 18.2 Å². The molecule has 0 unspecified atom stereocenters. The average Bonchev–Trinajstić information content (AvgIpc) is 2.76. The fourth-order valence-electron chi connectivity index (χ4n) is 1.73. The van der Waals surface area contributed by atoms with Crippen molar-refractivity contribution in [3.63, 3.8) is 0 Å². The number of aliphatic hydroxyl groups excluding tert-OH is 1. The fourth-order valence-corrected chi connectivity index (χ4v) is 1.73. The number of urea groups is 1. The minimum absolute atomic E-state index is 0.0680. The van der Waals surface area contributed by atoms with Crippen LogP contribution in [-0.4, -0.2) is 29.3 Å². The van der Waals surface area contributed by atoms with Crippen molar-refractivity contribution in [2.75, 3.05) is 0 Å². The van der Waals surface area contributed by atoms with Gasteiger partial charge < -0.3 is 15.7 Å². The molecule has 4 nitrogen and oxygen atoms in total. The molecular weight excluding hydrogens is 168 g/mol. The number of hydrogen-bond donors (Lipinski definition) is 3. The van der Waals surface area contributed by atoms with Crippen LogP contribution < -0.4 is 10.6 Å². The van der Waals surface area contributed by atoms with Crippen LogP contribution in [0.15, 0.2) is 0 Å². The maximum Gasteiger partial charge on any atom is 0.315 e. The maximum atomic E-state index is 11.3. The molecule has 0 radical (unpaired) electrons. The SMILES string of the molecule is O=C(NC1CC1)N[C@H]1CC[C@@H](O)C1. The standard InChI is InChI=1S/C9H16N2O2/c12-8-4-3-7(5-8)11-9(13)10-6-1-2-6/h6-8,12H,1-5H2,(H2,10,11,13)/t7-,8+/m0/s1. The van der Waals surface area contributed by atoms with Gasteiger partial charge in [-0.3, -0.25) is 0 Å². The van der Waals surface area contributed by atoms with Crippen molar-refractivity contribution in [1.82, 2.24) is 10.6 Å².